The first kappa shape index (κ1) is 19.0. The average Bonchev–Trinajstić information content (AvgIpc) is 2.61. The summed E-state index contributed by atoms with van der Waals surface area (Å²) in [5.41, 5.74) is 1.64. The van der Waals surface area contributed by atoms with Gasteiger partial charge in [-0.15, -0.1) is 0 Å². The fourth-order valence-corrected chi connectivity index (χ4v) is 2.39. The maximum absolute atomic E-state index is 12.3. The van der Waals surface area contributed by atoms with Crippen molar-refractivity contribution in [3.8, 4) is 11.8 Å². The Labute approximate surface area is 156 Å². The van der Waals surface area contributed by atoms with Gasteiger partial charge < -0.3 is 15.4 Å². The van der Waals surface area contributed by atoms with Gasteiger partial charge in [-0.25, -0.2) is 0 Å². The van der Waals surface area contributed by atoms with Gasteiger partial charge in [-0.05, 0) is 48.0 Å². The van der Waals surface area contributed by atoms with Crippen LogP contribution in [0.3, 0.4) is 0 Å². The van der Waals surface area contributed by atoms with Crippen LogP contribution in [-0.2, 0) is 9.59 Å². The Kier molecular flexibility index (Phi) is 6.36. The summed E-state index contributed by atoms with van der Waals surface area (Å²) in [6.45, 7) is 1.41. The van der Waals surface area contributed by atoms with E-state index < -0.39 is 5.91 Å². The predicted molar refractivity (Wildman–Crippen MR) is 101 cm³/mol. The van der Waals surface area contributed by atoms with Crippen LogP contribution in [0.1, 0.15) is 12.5 Å². The van der Waals surface area contributed by atoms with Crippen LogP contribution < -0.4 is 15.4 Å². The van der Waals surface area contributed by atoms with Crippen molar-refractivity contribution < 1.29 is 14.3 Å². The third-order valence-corrected chi connectivity index (χ3v) is 3.61. The van der Waals surface area contributed by atoms with Crippen LogP contribution in [0.15, 0.2) is 48.0 Å². The molecule has 0 fully saturated rings. The van der Waals surface area contributed by atoms with Crippen LogP contribution in [0.2, 0.25) is 5.02 Å². The van der Waals surface area contributed by atoms with Gasteiger partial charge in [-0.2, -0.15) is 5.26 Å². The summed E-state index contributed by atoms with van der Waals surface area (Å²) in [6.07, 6.45) is 1.44. The highest BCUT2D eigenvalue weighted by molar-refractivity contribution is 6.32. The number of benzene rings is 2. The zero-order valence-corrected chi connectivity index (χ0v) is 14.9. The van der Waals surface area contributed by atoms with Gasteiger partial charge >= 0.3 is 0 Å². The molecule has 0 bridgehead atoms. The minimum atomic E-state index is -0.549. The number of carbonyl (C=O) groups is 2. The minimum absolute atomic E-state index is 0.0721. The fraction of sp³-hybridized carbons (Fsp3) is 0.105. The number of hydrogen-bond donors (Lipinski definition) is 2. The van der Waals surface area contributed by atoms with E-state index in [0.717, 1.165) is 0 Å². The summed E-state index contributed by atoms with van der Waals surface area (Å²) < 4.78 is 5.07. The van der Waals surface area contributed by atoms with Crippen LogP contribution in [-0.4, -0.2) is 18.9 Å². The van der Waals surface area contributed by atoms with E-state index in [1.807, 2.05) is 6.07 Å². The van der Waals surface area contributed by atoms with Crippen molar-refractivity contribution in [3.63, 3.8) is 0 Å². The lowest BCUT2D eigenvalue weighted by molar-refractivity contribution is -0.114. The third-order valence-electron chi connectivity index (χ3n) is 3.32. The number of carbonyl (C=O) groups excluding carboxylic acids is 2. The molecule has 0 saturated carbocycles. The molecule has 0 aliphatic rings. The molecule has 2 amide bonds. The van der Waals surface area contributed by atoms with Gasteiger partial charge in [0.05, 0.1) is 12.1 Å². The SMILES string of the molecule is COc1ccc(C=C(C#N)C(=O)Nc2ccc(NC(C)=O)cc2)cc1Cl. The second kappa shape index (κ2) is 8.70. The molecule has 0 saturated heterocycles. The first-order chi connectivity index (χ1) is 12.4. The van der Waals surface area contributed by atoms with Gasteiger partial charge in [0.1, 0.15) is 17.4 Å². The van der Waals surface area contributed by atoms with E-state index >= 15 is 0 Å². The zero-order chi connectivity index (χ0) is 19.1. The third kappa shape index (κ3) is 5.10. The number of hydrogen-bond acceptors (Lipinski definition) is 4. The van der Waals surface area contributed by atoms with Crippen molar-refractivity contribution in [1.29, 1.82) is 5.26 Å². The number of nitrogens with zero attached hydrogens (tertiary/aromatic N) is 1. The van der Waals surface area contributed by atoms with E-state index in [4.69, 9.17) is 16.3 Å². The average molecular weight is 370 g/mol. The van der Waals surface area contributed by atoms with Crippen molar-refractivity contribution in [3.05, 3.63) is 58.6 Å². The molecule has 2 aromatic carbocycles. The smallest absolute Gasteiger partial charge is 0.266 e. The van der Waals surface area contributed by atoms with Crippen LogP contribution in [0.5, 0.6) is 5.75 Å². The van der Waals surface area contributed by atoms with Gasteiger partial charge in [-0.3, -0.25) is 9.59 Å². The number of amides is 2. The molecule has 0 aliphatic carbocycles. The lowest BCUT2D eigenvalue weighted by Gasteiger charge is -2.07. The standard InChI is InChI=1S/C19H16ClN3O3/c1-12(24)22-15-4-6-16(7-5-15)23-19(25)14(11-21)9-13-3-8-18(26-2)17(20)10-13/h3-10H,1-2H3,(H,22,24)(H,23,25). The Morgan fingerprint density at radius 2 is 1.73 bits per heavy atom. The minimum Gasteiger partial charge on any atom is -0.495 e. The number of ether oxygens (including phenoxy) is 1. The molecule has 2 N–H and O–H groups in total. The second-order valence-electron chi connectivity index (χ2n) is 5.28. The zero-order valence-electron chi connectivity index (χ0n) is 14.2. The van der Waals surface area contributed by atoms with Crippen molar-refractivity contribution in [2.45, 2.75) is 6.92 Å². The van der Waals surface area contributed by atoms with E-state index in [2.05, 4.69) is 10.6 Å². The van der Waals surface area contributed by atoms with Crippen LogP contribution in [0.4, 0.5) is 11.4 Å². The van der Waals surface area contributed by atoms with E-state index in [1.54, 1.807) is 42.5 Å². The molecule has 0 radical (unpaired) electrons. The molecule has 7 heteroatoms. The van der Waals surface area contributed by atoms with E-state index in [-0.39, 0.29) is 11.5 Å². The van der Waals surface area contributed by atoms with Gasteiger partial charge in [-0.1, -0.05) is 17.7 Å². The molecule has 0 unspecified atom stereocenters. The molecular weight excluding hydrogens is 354 g/mol. The molecule has 0 aliphatic heterocycles. The monoisotopic (exact) mass is 369 g/mol. The van der Waals surface area contributed by atoms with Gasteiger partial charge in [0.2, 0.25) is 5.91 Å². The molecule has 0 aromatic heterocycles. The number of halogens is 1. The molecule has 0 spiro atoms. The first-order valence-corrected chi connectivity index (χ1v) is 7.95. The molecule has 2 rings (SSSR count). The summed E-state index contributed by atoms with van der Waals surface area (Å²) in [4.78, 5) is 23.3. The van der Waals surface area contributed by atoms with Crippen molar-refractivity contribution in [1.82, 2.24) is 0 Å². The molecular formula is C19H16ClN3O3. The van der Waals surface area contributed by atoms with Gasteiger partial charge in [0.25, 0.3) is 5.91 Å². The van der Waals surface area contributed by atoms with Crippen LogP contribution >= 0.6 is 11.6 Å². The fourth-order valence-electron chi connectivity index (χ4n) is 2.13. The molecule has 132 valence electrons. The van der Waals surface area contributed by atoms with Gasteiger partial charge in [0, 0.05) is 18.3 Å². The number of methoxy groups -OCH3 is 1. The van der Waals surface area contributed by atoms with E-state index in [0.29, 0.717) is 27.7 Å². The van der Waals surface area contributed by atoms with Crippen molar-refractivity contribution >= 4 is 40.9 Å². The Balaban J connectivity index is 2.14. The van der Waals surface area contributed by atoms with Gasteiger partial charge in [0.15, 0.2) is 0 Å². The summed E-state index contributed by atoms with van der Waals surface area (Å²) >= 11 is 6.05. The highest BCUT2D eigenvalue weighted by Gasteiger charge is 2.10. The number of anilines is 2. The Hall–Kier alpha value is -3.30. The van der Waals surface area contributed by atoms with Crippen molar-refractivity contribution in [2.24, 2.45) is 0 Å². The highest BCUT2D eigenvalue weighted by Crippen LogP contribution is 2.26. The highest BCUT2D eigenvalue weighted by atomic mass is 35.5. The lowest BCUT2D eigenvalue weighted by Crippen LogP contribution is -2.13. The summed E-state index contributed by atoms with van der Waals surface area (Å²) in [7, 11) is 1.50. The second-order valence-corrected chi connectivity index (χ2v) is 5.68. The molecule has 6 nitrogen and oxygen atoms in total. The Morgan fingerprint density at radius 1 is 1.12 bits per heavy atom. The molecule has 0 heterocycles. The van der Waals surface area contributed by atoms with Crippen LogP contribution in [0.25, 0.3) is 6.08 Å². The number of nitriles is 1. The number of nitrogens with one attached hydrogen (secondary N) is 2. The van der Waals surface area contributed by atoms with Crippen LogP contribution in [0, 0.1) is 11.3 Å². The first-order valence-electron chi connectivity index (χ1n) is 7.57. The maximum Gasteiger partial charge on any atom is 0.266 e. The molecule has 2 aromatic rings. The summed E-state index contributed by atoms with van der Waals surface area (Å²) in [6, 6.07) is 13.4. The lowest BCUT2D eigenvalue weighted by atomic mass is 10.1. The number of rotatable bonds is 5. The normalized spacial score (nSPS) is 10.6. The Morgan fingerprint density at radius 3 is 2.23 bits per heavy atom. The predicted octanol–water partition coefficient (Wildman–Crippen LogP) is 3.85. The molecule has 26 heavy (non-hydrogen) atoms. The van der Waals surface area contributed by atoms with E-state index in [1.165, 1.54) is 20.1 Å². The summed E-state index contributed by atoms with van der Waals surface area (Å²) in [5, 5.41) is 14.9. The largest absolute Gasteiger partial charge is 0.495 e. The maximum atomic E-state index is 12.3. The summed E-state index contributed by atoms with van der Waals surface area (Å²) in [5.74, 6) is -0.229. The van der Waals surface area contributed by atoms with Crippen molar-refractivity contribution in [2.75, 3.05) is 17.7 Å². The Bertz CT molecular complexity index is 899. The van der Waals surface area contributed by atoms with E-state index in [9.17, 15) is 14.9 Å². The molecule has 0 atom stereocenters. The topological polar surface area (TPSA) is 91.2 Å². The quantitative estimate of drug-likeness (QED) is 0.618.